The van der Waals surface area contributed by atoms with E-state index in [-0.39, 0.29) is 5.91 Å². The van der Waals surface area contributed by atoms with Crippen LogP contribution < -0.4 is 15.5 Å². The molecule has 1 saturated heterocycles. The number of hydrogen-bond donors (Lipinski definition) is 2. The lowest BCUT2D eigenvalue weighted by Crippen LogP contribution is -2.33. The van der Waals surface area contributed by atoms with E-state index in [1.807, 2.05) is 24.3 Å². The Morgan fingerprint density at radius 3 is 2.78 bits per heavy atom. The fraction of sp³-hybridized carbons (Fsp3) is 0.632. The first kappa shape index (κ1) is 17.8. The highest BCUT2D eigenvalue weighted by Gasteiger charge is 2.13. The van der Waals surface area contributed by atoms with Crippen LogP contribution in [0.15, 0.2) is 24.3 Å². The molecule has 0 bridgehead atoms. The summed E-state index contributed by atoms with van der Waals surface area (Å²) in [5.41, 5.74) is 1.92. The van der Waals surface area contributed by atoms with E-state index in [0.29, 0.717) is 5.92 Å². The summed E-state index contributed by atoms with van der Waals surface area (Å²) in [6.45, 7) is 6.25. The lowest BCUT2D eigenvalue weighted by molar-refractivity contribution is 0.0950. The highest BCUT2D eigenvalue weighted by Crippen LogP contribution is 2.15. The Balaban J connectivity index is 1.75. The summed E-state index contributed by atoms with van der Waals surface area (Å²) in [6, 6.07) is 7.93. The predicted molar refractivity (Wildman–Crippen MR) is 97.2 cm³/mol. The molecule has 1 fully saturated rings. The van der Waals surface area contributed by atoms with Crippen molar-refractivity contribution in [3.8, 4) is 0 Å². The lowest BCUT2D eigenvalue weighted by Gasteiger charge is -2.22. The second-order valence-corrected chi connectivity index (χ2v) is 6.58. The minimum absolute atomic E-state index is 0.0385. The first-order chi connectivity index (χ1) is 11.2. The molecule has 1 aromatic rings. The Morgan fingerprint density at radius 1 is 1.35 bits per heavy atom. The molecule has 0 aliphatic carbocycles. The maximum absolute atomic E-state index is 12.2. The molecule has 128 valence electrons. The summed E-state index contributed by atoms with van der Waals surface area (Å²) < 4.78 is 0. The molecule has 1 aliphatic rings. The Labute approximate surface area is 140 Å². The topological polar surface area (TPSA) is 44.4 Å². The number of piperidine rings is 1. The van der Waals surface area contributed by atoms with Gasteiger partial charge in [-0.05, 0) is 69.0 Å². The van der Waals surface area contributed by atoms with Gasteiger partial charge in [-0.15, -0.1) is 0 Å². The molecule has 4 nitrogen and oxygen atoms in total. The summed E-state index contributed by atoms with van der Waals surface area (Å²) in [4.78, 5) is 14.4. The fourth-order valence-corrected chi connectivity index (χ4v) is 3.05. The van der Waals surface area contributed by atoms with Crippen LogP contribution >= 0.6 is 0 Å². The van der Waals surface area contributed by atoms with Gasteiger partial charge in [0, 0.05) is 31.4 Å². The number of anilines is 1. The van der Waals surface area contributed by atoms with Crippen LogP contribution in [0, 0.1) is 5.92 Å². The van der Waals surface area contributed by atoms with E-state index in [2.05, 4.69) is 29.5 Å². The van der Waals surface area contributed by atoms with E-state index in [1.54, 1.807) is 0 Å². The van der Waals surface area contributed by atoms with Crippen molar-refractivity contribution in [2.75, 3.05) is 38.1 Å². The zero-order chi connectivity index (χ0) is 16.5. The van der Waals surface area contributed by atoms with Crippen LogP contribution in [0.25, 0.3) is 0 Å². The molecule has 2 rings (SSSR count). The molecule has 1 aliphatic heterocycles. The highest BCUT2D eigenvalue weighted by atomic mass is 16.1. The van der Waals surface area contributed by atoms with Crippen molar-refractivity contribution in [1.82, 2.24) is 10.6 Å². The summed E-state index contributed by atoms with van der Waals surface area (Å²) in [5.74, 6) is 0.746. The molecule has 0 radical (unpaired) electrons. The van der Waals surface area contributed by atoms with Crippen molar-refractivity contribution in [2.24, 2.45) is 5.92 Å². The Morgan fingerprint density at radius 2 is 2.13 bits per heavy atom. The molecule has 4 heteroatoms. The normalized spacial score (nSPS) is 17.7. The Hall–Kier alpha value is -1.55. The maximum Gasteiger partial charge on any atom is 0.251 e. The van der Waals surface area contributed by atoms with Gasteiger partial charge in [0.2, 0.25) is 0 Å². The van der Waals surface area contributed by atoms with Gasteiger partial charge in [0.1, 0.15) is 0 Å². The largest absolute Gasteiger partial charge is 0.375 e. The average molecular weight is 317 g/mol. The summed E-state index contributed by atoms with van der Waals surface area (Å²) >= 11 is 0. The van der Waals surface area contributed by atoms with E-state index in [1.165, 1.54) is 31.4 Å². The van der Waals surface area contributed by atoms with Gasteiger partial charge in [-0.1, -0.05) is 13.3 Å². The van der Waals surface area contributed by atoms with Crippen LogP contribution in [0.3, 0.4) is 0 Å². The van der Waals surface area contributed by atoms with E-state index in [9.17, 15) is 4.79 Å². The number of carbonyl (C=O) groups excluding carboxylic acids is 1. The molecule has 2 N–H and O–H groups in total. The van der Waals surface area contributed by atoms with E-state index < -0.39 is 0 Å². The van der Waals surface area contributed by atoms with Gasteiger partial charge in [-0.3, -0.25) is 4.79 Å². The van der Waals surface area contributed by atoms with Crippen LogP contribution in [0.2, 0.25) is 0 Å². The molecule has 1 heterocycles. The second kappa shape index (κ2) is 9.56. The van der Waals surface area contributed by atoms with E-state index in [0.717, 1.165) is 38.2 Å². The quantitative estimate of drug-likeness (QED) is 0.774. The zero-order valence-corrected chi connectivity index (χ0v) is 14.6. The van der Waals surface area contributed by atoms with Gasteiger partial charge >= 0.3 is 0 Å². The van der Waals surface area contributed by atoms with Gasteiger partial charge in [-0.25, -0.2) is 0 Å². The van der Waals surface area contributed by atoms with Crippen molar-refractivity contribution in [3.05, 3.63) is 29.8 Å². The SMILES string of the molecule is CCCCN(C)c1ccc(C(=O)NCCC2CCCNC2)cc1. The summed E-state index contributed by atoms with van der Waals surface area (Å²) in [7, 11) is 2.10. The van der Waals surface area contributed by atoms with Crippen molar-refractivity contribution < 1.29 is 4.79 Å². The van der Waals surface area contributed by atoms with Crippen LogP contribution in [-0.2, 0) is 0 Å². The minimum atomic E-state index is 0.0385. The number of benzene rings is 1. The molecule has 1 unspecified atom stereocenters. The summed E-state index contributed by atoms with van der Waals surface area (Å²) in [5, 5.41) is 6.47. The number of rotatable bonds is 8. The van der Waals surface area contributed by atoms with Gasteiger partial charge < -0.3 is 15.5 Å². The Bertz CT molecular complexity index is 466. The van der Waals surface area contributed by atoms with Crippen LogP contribution in [-0.4, -0.2) is 39.1 Å². The third-order valence-electron chi connectivity index (χ3n) is 4.65. The number of nitrogens with one attached hydrogen (secondary N) is 2. The third kappa shape index (κ3) is 5.87. The van der Waals surface area contributed by atoms with Crippen molar-refractivity contribution in [2.45, 2.75) is 39.0 Å². The second-order valence-electron chi connectivity index (χ2n) is 6.58. The van der Waals surface area contributed by atoms with Crippen LogP contribution in [0.5, 0.6) is 0 Å². The molecule has 1 amide bonds. The first-order valence-electron chi connectivity index (χ1n) is 9.01. The van der Waals surface area contributed by atoms with Gasteiger partial charge in [0.25, 0.3) is 5.91 Å². The van der Waals surface area contributed by atoms with E-state index in [4.69, 9.17) is 0 Å². The van der Waals surface area contributed by atoms with Crippen LogP contribution in [0.4, 0.5) is 5.69 Å². The molecular formula is C19H31N3O. The number of nitrogens with zero attached hydrogens (tertiary/aromatic N) is 1. The van der Waals surface area contributed by atoms with Crippen molar-refractivity contribution in [1.29, 1.82) is 0 Å². The third-order valence-corrected chi connectivity index (χ3v) is 4.65. The van der Waals surface area contributed by atoms with Gasteiger partial charge in [0.05, 0.1) is 0 Å². The van der Waals surface area contributed by atoms with Gasteiger partial charge in [-0.2, -0.15) is 0 Å². The van der Waals surface area contributed by atoms with Gasteiger partial charge in [0.15, 0.2) is 0 Å². The number of hydrogen-bond acceptors (Lipinski definition) is 3. The monoisotopic (exact) mass is 317 g/mol. The maximum atomic E-state index is 12.2. The molecule has 1 atom stereocenters. The fourth-order valence-electron chi connectivity index (χ4n) is 3.05. The number of unbranched alkanes of at least 4 members (excludes halogenated alkanes) is 1. The predicted octanol–water partition coefficient (Wildman–Crippen LogP) is 3.04. The molecular weight excluding hydrogens is 286 g/mol. The lowest BCUT2D eigenvalue weighted by atomic mass is 9.96. The number of carbonyl (C=O) groups is 1. The highest BCUT2D eigenvalue weighted by molar-refractivity contribution is 5.94. The van der Waals surface area contributed by atoms with Crippen molar-refractivity contribution >= 4 is 11.6 Å². The smallest absolute Gasteiger partial charge is 0.251 e. The molecule has 0 aromatic heterocycles. The number of amides is 1. The molecule has 1 aromatic carbocycles. The Kier molecular flexibility index (Phi) is 7.40. The first-order valence-corrected chi connectivity index (χ1v) is 9.01. The minimum Gasteiger partial charge on any atom is -0.375 e. The standard InChI is InChI=1S/C19H31N3O/c1-3-4-14-22(2)18-9-7-17(8-10-18)19(23)21-13-11-16-6-5-12-20-15-16/h7-10,16,20H,3-6,11-15H2,1-2H3,(H,21,23). The average Bonchev–Trinajstić information content (AvgIpc) is 2.60. The van der Waals surface area contributed by atoms with Crippen LogP contribution in [0.1, 0.15) is 49.4 Å². The van der Waals surface area contributed by atoms with E-state index >= 15 is 0 Å². The molecule has 23 heavy (non-hydrogen) atoms. The summed E-state index contributed by atoms with van der Waals surface area (Å²) in [6.07, 6.45) is 5.99. The molecule has 0 spiro atoms. The van der Waals surface area contributed by atoms with Crippen molar-refractivity contribution in [3.63, 3.8) is 0 Å². The molecule has 0 saturated carbocycles. The zero-order valence-electron chi connectivity index (χ0n) is 14.6.